The third kappa shape index (κ3) is 2.76. The van der Waals surface area contributed by atoms with Crippen LogP contribution in [0.15, 0.2) is 12.1 Å². The van der Waals surface area contributed by atoms with E-state index in [1.165, 1.54) is 0 Å². The van der Waals surface area contributed by atoms with Crippen molar-refractivity contribution >= 4 is 11.6 Å². The monoisotopic (exact) mass is 229 g/mol. The Morgan fingerprint density at radius 1 is 1.27 bits per heavy atom. The van der Waals surface area contributed by atoms with Crippen molar-refractivity contribution in [2.24, 2.45) is 0 Å². The molecule has 0 aromatic heterocycles. The third-order valence-corrected chi connectivity index (χ3v) is 2.62. The predicted octanol–water partition coefficient (Wildman–Crippen LogP) is 2.12. The van der Waals surface area contributed by atoms with E-state index >= 15 is 0 Å². The molecule has 0 saturated heterocycles. The summed E-state index contributed by atoms with van der Waals surface area (Å²) in [6.07, 6.45) is 0.871. The van der Waals surface area contributed by atoms with Gasteiger partial charge in [0.1, 0.15) is 0 Å². The second kappa shape index (κ2) is 5.83. The average Bonchev–Trinajstić information content (AvgIpc) is 2.27. The van der Waals surface area contributed by atoms with E-state index in [0.717, 1.165) is 18.5 Å². The number of ether oxygens (including phenoxy) is 2. The molecule has 3 nitrogen and oxygen atoms in total. The number of halogens is 1. The minimum absolute atomic E-state index is 0.604. The summed E-state index contributed by atoms with van der Waals surface area (Å²) in [6, 6.07) is 3.83. The molecule has 1 rings (SSSR count). The van der Waals surface area contributed by atoms with Crippen molar-refractivity contribution in [3.8, 4) is 11.5 Å². The molecule has 0 radical (unpaired) electrons. The molecule has 1 N–H and O–H groups in total. The van der Waals surface area contributed by atoms with Gasteiger partial charge in [-0.3, -0.25) is 0 Å². The Balaban J connectivity index is 3.00. The Morgan fingerprint density at radius 2 is 2.00 bits per heavy atom. The van der Waals surface area contributed by atoms with Crippen molar-refractivity contribution in [1.82, 2.24) is 5.32 Å². The normalized spacial score (nSPS) is 10.1. The van der Waals surface area contributed by atoms with Crippen LogP contribution in [0.25, 0.3) is 0 Å². The van der Waals surface area contributed by atoms with Crippen molar-refractivity contribution in [1.29, 1.82) is 0 Å². The smallest absolute Gasteiger partial charge is 0.179 e. The summed E-state index contributed by atoms with van der Waals surface area (Å²) in [5.41, 5.74) is 1.06. The van der Waals surface area contributed by atoms with Gasteiger partial charge in [-0.25, -0.2) is 0 Å². The summed E-state index contributed by atoms with van der Waals surface area (Å²) in [5.74, 6) is 1.27. The Hall–Kier alpha value is -0.930. The highest BCUT2D eigenvalue weighted by molar-refractivity contribution is 6.33. The lowest BCUT2D eigenvalue weighted by molar-refractivity contribution is 0.354. The van der Waals surface area contributed by atoms with Crippen LogP contribution in [-0.4, -0.2) is 27.8 Å². The molecule has 0 heterocycles. The molecule has 0 aliphatic heterocycles. The number of hydrogen-bond acceptors (Lipinski definition) is 3. The van der Waals surface area contributed by atoms with E-state index < -0.39 is 0 Å². The summed E-state index contributed by atoms with van der Waals surface area (Å²) in [5, 5.41) is 3.71. The van der Waals surface area contributed by atoms with Gasteiger partial charge in [0, 0.05) is 0 Å². The van der Waals surface area contributed by atoms with Crippen LogP contribution in [0.4, 0.5) is 0 Å². The van der Waals surface area contributed by atoms with E-state index in [-0.39, 0.29) is 0 Å². The first-order chi connectivity index (χ1) is 7.24. The molecule has 1 aromatic rings. The Morgan fingerprint density at radius 3 is 2.53 bits per heavy atom. The molecule has 0 saturated carbocycles. The molecule has 4 heteroatoms. The third-order valence-electron chi connectivity index (χ3n) is 2.21. The summed E-state index contributed by atoms with van der Waals surface area (Å²) in [7, 11) is 5.10. The first kappa shape index (κ1) is 12.1. The van der Waals surface area contributed by atoms with Crippen LogP contribution in [0.2, 0.25) is 5.02 Å². The lowest BCUT2D eigenvalue weighted by atomic mass is 10.1. The highest BCUT2D eigenvalue weighted by Crippen LogP contribution is 2.37. The predicted molar refractivity (Wildman–Crippen MR) is 62.2 cm³/mol. The maximum atomic E-state index is 6.20. The molecule has 0 unspecified atom stereocenters. The fourth-order valence-electron chi connectivity index (χ4n) is 1.38. The van der Waals surface area contributed by atoms with Gasteiger partial charge in [-0.1, -0.05) is 17.7 Å². The van der Waals surface area contributed by atoms with Crippen molar-refractivity contribution in [2.75, 3.05) is 27.8 Å². The molecule has 0 aliphatic rings. The number of rotatable bonds is 5. The number of likely N-dealkylation sites (N-methyl/N-ethyl adjacent to an activating group) is 1. The minimum Gasteiger partial charge on any atom is -0.493 e. The zero-order valence-corrected chi connectivity index (χ0v) is 10.0. The van der Waals surface area contributed by atoms with E-state index in [9.17, 15) is 0 Å². The van der Waals surface area contributed by atoms with Gasteiger partial charge in [0.15, 0.2) is 11.5 Å². The highest BCUT2D eigenvalue weighted by atomic mass is 35.5. The molecule has 84 valence electrons. The highest BCUT2D eigenvalue weighted by Gasteiger charge is 2.12. The van der Waals surface area contributed by atoms with Gasteiger partial charge in [-0.2, -0.15) is 0 Å². The minimum atomic E-state index is 0.604. The Labute approximate surface area is 95.3 Å². The van der Waals surface area contributed by atoms with Crippen LogP contribution < -0.4 is 14.8 Å². The second-order valence-corrected chi connectivity index (χ2v) is 3.51. The van der Waals surface area contributed by atoms with Crippen LogP contribution in [-0.2, 0) is 6.42 Å². The summed E-state index contributed by atoms with van der Waals surface area (Å²) < 4.78 is 10.4. The SMILES string of the molecule is CNCCc1ccc(OC)c(OC)c1Cl. The molecule has 1 aromatic carbocycles. The van der Waals surface area contributed by atoms with Crippen LogP contribution in [0.1, 0.15) is 5.56 Å². The van der Waals surface area contributed by atoms with Crippen LogP contribution in [0.5, 0.6) is 11.5 Å². The Kier molecular flexibility index (Phi) is 4.72. The largest absolute Gasteiger partial charge is 0.493 e. The van der Waals surface area contributed by atoms with E-state index in [1.54, 1.807) is 14.2 Å². The van der Waals surface area contributed by atoms with Crippen molar-refractivity contribution < 1.29 is 9.47 Å². The van der Waals surface area contributed by atoms with E-state index in [4.69, 9.17) is 21.1 Å². The molecule has 0 fully saturated rings. The molecule has 15 heavy (non-hydrogen) atoms. The fourth-order valence-corrected chi connectivity index (χ4v) is 1.71. The molecule has 0 aliphatic carbocycles. The van der Waals surface area contributed by atoms with Crippen molar-refractivity contribution in [3.63, 3.8) is 0 Å². The van der Waals surface area contributed by atoms with E-state index in [0.29, 0.717) is 16.5 Å². The van der Waals surface area contributed by atoms with Gasteiger partial charge in [-0.15, -0.1) is 0 Å². The molecule has 0 atom stereocenters. The van der Waals surface area contributed by atoms with Gasteiger partial charge >= 0.3 is 0 Å². The molecular weight excluding hydrogens is 214 g/mol. The maximum absolute atomic E-state index is 6.20. The van der Waals surface area contributed by atoms with Crippen LogP contribution in [0.3, 0.4) is 0 Å². The first-order valence-corrected chi connectivity index (χ1v) is 5.16. The maximum Gasteiger partial charge on any atom is 0.179 e. The van der Waals surface area contributed by atoms with Gasteiger partial charge in [0.2, 0.25) is 0 Å². The summed E-state index contributed by atoms with van der Waals surface area (Å²) in [4.78, 5) is 0. The zero-order chi connectivity index (χ0) is 11.3. The van der Waals surface area contributed by atoms with Gasteiger partial charge < -0.3 is 14.8 Å². The number of nitrogens with one attached hydrogen (secondary N) is 1. The number of hydrogen-bond donors (Lipinski definition) is 1. The van der Waals surface area contributed by atoms with Crippen LogP contribution >= 0.6 is 11.6 Å². The molecule has 0 amide bonds. The Bertz CT molecular complexity index is 329. The topological polar surface area (TPSA) is 30.5 Å². The molecular formula is C11H16ClNO2. The van der Waals surface area contributed by atoms with Gasteiger partial charge in [0.25, 0.3) is 0 Å². The number of benzene rings is 1. The van der Waals surface area contributed by atoms with Crippen molar-refractivity contribution in [2.45, 2.75) is 6.42 Å². The lowest BCUT2D eigenvalue weighted by Gasteiger charge is -2.12. The fraction of sp³-hybridized carbons (Fsp3) is 0.455. The lowest BCUT2D eigenvalue weighted by Crippen LogP contribution is -2.10. The quantitative estimate of drug-likeness (QED) is 0.839. The van der Waals surface area contributed by atoms with Crippen LogP contribution in [0, 0.1) is 0 Å². The first-order valence-electron chi connectivity index (χ1n) is 4.78. The second-order valence-electron chi connectivity index (χ2n) is 3.13. The van der Waals surface area contributed by atoms with E-state index in [2.05, 4.69) is 5.32 Å². The van der Waals surface area contributed by atoms with Gasteiger partial charge in [0.05, 0.1) is 19.2 Å². The summed E-state index contributed by atoms with van der Waals surface area (Å²) >= 11 is 6.20. The van der Waals surface area contributed by atoms with Crippen molar-refractivity contribution in [3.05, 3.63) is 22.7 Å². The number of methoxy groups -OCH3 is 2. The molecule has 0 spiro atoms. The van der Waals surface area contributed by atoms with E-state index in [1.807, 2.05) is 19.2 Å². The standard InChI is InChI=1S/C11H16ClNO2/c1-13-7-6-8-4-5-9(14-2)11(15-3)10(8)12/h4-5,13H,6-7H2,1-3H3. The average molecular weight is 230 g/mol. The summed E-state index contributed by atoms with van der Waals surface area (Å²) in [6.45, 7) is 0.884. The van der Waals surface area contributed by atoms with Gasteiger partial charge in [-0.05, 0) is 31.6 Å². The molecule has 0 bridgehead atoms. The zero-order valence-electron chi connectivity index (χ0n) is 9.26.